The first-order chi connectivity index (χ1) is 13.7. The number of phenolic OH excluding ortho intramolecular Hbond substituents is 1. The maximum absolute atomic E-state index is 12.5. The third-order valence-electron chi connectivity index (χ3n) is 4.87. The average Bonchev–Trinajstić information content (AvgIpc) is 2.69. The minimum absolute atomic E-state index is 0.0527. The summed E-state index contributed by atoms with van der Waals surface area (Å²) in [5.41, 5.74) is 1.40. The van der Waals surface area contributed by atoms with E-state index in [0.29, 0.717) is 36.1 Å². The van der Waals surface area contributed by atoms with Gasteiger partial charge in [-0.1, -0.05) is 24.3 Å². The number of phenols is 1. The summed E-state index contributed by atoms with van der Waals surface area (Å²) in [4.78, 5) is 24.4. The van der Waals surface area contributed by atoms with Crippen LogP contribution in [0.25, 0.3) is 0 Å². The molecule has 1 heterocycles. The predicted molar refractivity (Wildman–Crippen MR) is 121 cm³/mol. The van der Waals surface area contributed by atoms with Gasteiger partial charge in [0.15, 0.2) is 0 Å². The molecule has 0 amide bonds. The molecule has 9 heteroatoms. The van der Waals surface area contributed by atoms with Crippen LogP contribution in [0.4, 0.5) is 0 Å². The first-order valence-electron chi connectivity index (χ1n) is 8.25. The lowest BCUT2D eigenvalue weighted by atomic mass is 9.74. The van der Waals surface area contributed by atoms with E-state index >= 15 is 0 Å². The Kier molecular flexibility index (Phi) is 5.52. The topological polar surface area (TPSA) is 83.8 Å². The smallest absolute Gasteiger partial charge is 0.335 e. The second kappa shape index (κ2) is 7.68. The number of carboxylic acids is 1. The van der Waals surface area contributed by atoms with Gasteiger partial charge < -0.3 is 14.9 Å². The van der Waals surface area contributed by atoms with Crippen LogP contribution in [-0.4, -0.2) is 22.0 Å². The number of halogens is 4. The van der Waals surface area contributed by atoms with Crippen molar-refractivity contribution in [1.29, 1.82) is 0 Å². The van der Waals surface area contributed by atoms with Crippen LogP contribution in [0.15, 0.2) is 60.1 Å². The van der Waals surface area contributed by atoms with Gasteiger partial charge in [-0.15, -0.1) is 0 Å². The summed E-state index contributed by atoms with van der Waals surface area (Å²) in [5, 5.41) is 20.1. The van der Waals surface area contributed by atoms with E-state index < -0.39 is 17.8 Å². The van der Waals surface area contributed by atoms with Crippen molar-refractivity contribution in [2.75, 3.05) is 0 Å². The fourth-order valence-electron chi connectivity index (χ4n) is 3.60. The highest BCUT2D eigenvalue weighted by Crippen LogP contribution is 2.55. The van der Waals surface area contributed by atoms with Crippen LogP contribution < -0.4 is 4.74 Å². The van der Waals surface area contributed by atoms with Crippen LogP contribution >= 0.6 is 63.7 Å². The normalized spacial score (nSPS) is 20.6. The molecule has 29 heavy (non-hydrogen) atoms. The number of ketones is 1. The lowest BCUT2D eigenvalue weighted by molar-refractivity contribution is -0.111. The fourth-order valence-corrected chi connectivity index (χ4v) is 6.15. The Morgan fingerprint density at radius 3 is 2.45 bits per heavy atom. The van der Waals surface area contributed by atoms with Crippen LogP contribution in [0.1, 0.15) is 27.4 Å². The molecule has 1 aliphatic carbocycles. The molecule has 2 aromatic rings. The van der Waals surface area contributed by atoms with Crippen molar-refractivity contribution in [2.24, 2.45) is 5.92 Å². The predicted octanol–water partition coefficient (Wildman–Crippen LogP) is 6.22. The maximum atomic E-state index is 12.5. The molecule has 2 unspecified atom stereocenters. The molecule has 2 N–H and O–H groups in total. The Labute approximate surface area is 199 Å². The van der Waals surface area contributed by atoms with Crippen LogP contribution in [0.5, 0.6) is 11.5 Å². The summed E-state index contributed by atoms with van der Waals surface area (Å²) in [7, 11) is 0. The second-order valence-corrected chi connectivity index (χ2v) is 9.75. The number of carbonyl (C=O) groups is 2. The lowest BCUT2D eigenvalue weighted by Gasteiger charge is -2.37. The summed E-state index contributed by atoms with van der Waals surface area (Å²) in [5.74, 6) is -1.59. The minimum Gasteiger partial charge on any atom is -0.505 e. The van der Waals surface area contributed by atoms with Crippen LogP contribution in [0, 0.1) is 5.92 Å². The number of ether oxygens (including phenoxy) is 1. The van der Waals surface area contributed by atoms with Crippen LogP contribution in [0.2, 0.25) is 0 Å². The Morgan fingerprint density at radius 1 is 1.07 bits per heavy atom. The van der Waals surface area contributed by atoms with Gasteiger partial charge in [-0.3, -0.25) is 4.79 Å². The Hall–Kier alpha value is -1.42. The molecule has 0 saturated heterocycles. The van der Waals surface area contributed by atoms with Crippen molar-refractivity contribution < 1.29 is 24.5 Å². The van der Waals surface area contributed by atoms with E-state index in [9.17, 15) is 19.8 Å². The number of Topliss-reactive ketones (excluding diaryl/α,β-unsaturated/α-hetero) is 1. The Bertz CT molecular complexity index is 1150. The van der Waals surface area contributed by atoms with Gasteiger partial charge in [-0.2, -0.15) is 0 Å². The Morgan fingerprint density at radius 2 is 1.76 bits per heavy atom. The second-order valence-electron chi connectivity index (χ2n) is 6.46. The zero-order chi connectivity index (χ0) is 21.0. The number of allylic oxidation sites excluding steroid dienone is 3. The SMILES string of the molecule is O=C1C(Br)=CC2C(=C1Br)Oc1c(cc(Br)c(O)c1Br)C2c1ccccc1C(=O)O. The molecule has 0 aromatic heterocycles. The van der Waals surface area contributed by atoms with Gasteiger partial charge in [0.2, 0.25) is 5.78 Å². The average molecular weight is 650 g/mol. The number of benzene rings is 2. The number of aromatic carboxylic acids is 1. The molecular weight excluding hydrogens is 640 g/mol. The summed E-state index contributed by atoms with van der Waals surface area (Å²) in [6.07, 6.45) is 1.73. The van der Waals surface area contributed by atoms with Crippen LogP contribution in [-0.2, 0) is 4.79 Å². The van der Waals surface area contributed by atoms with E-state index in [2.05, 4.69) is 63.7 Å². The lowest BCUT2D eigenvalue weighted by Crippen LogP contribution is -2.30. The highest BCUT2D eigenvalue weighted by Gasteiger charge is 2.43. The van der Waals surface area contributed by atoms with Gasteiger partial charge in [0, 0.05) is 17.4 Å². The molecule has 0 saturated carbocycles. The number of carboxylic acid groups (broad SMARTS) is 1. The van der Waals surface area contributed by atoms with Gasteiger partial charge in [-0.05, 0) is 81.4 Å². The number of rotatable bonds is 2. The molecule has 1 aliphatic heterocycles. The molecule has 2 aliphatic rings. The van der Waals surface area contributed by atoms with E-state index in [0.717, 1.165) is 0 Å². The van der Waals surface area contributed by atoms with Crippen molar-refractivity contribution in [2.45, 2.75) is 5.92 Å². The van der Waals surface area contributed by atoms with Gasteiger partial charge in [0.05, 0.1) is 14.5 Å². The van der Waals surface area contributed by atoms with Crippen molar-refractivity contribution in [3.05, 3.63) is 76.8 Å². The highest BCUT2D eigenvalue weighted by molar-refractivity contribution is 9.13. The standard InChI is InChI=1S/C20H10Br4O5/c21-11-5-9-13(7-3-1-2-4-8(7)20(27)28)10-6-12(22)17(26)15(24)19(10)29-18(9)14(23)16(11)25/h1-6,9,13,26H,(H,27,28). The quantitative estimate of drug-likeness (QED) is 0.404. The van der Waals surface area contributed by atoms with Gasteiger partial charge in [-0.25, -0.2) is 4.79 Å². The molecule has 0 radical (unpaired) electrons. The van der Waals surface area contributed by atoms with E-state index in [1.54, 1.807) is 36.4 Å². The van der Waals surface area contributed by atoms with Crippen molar-refractivity contribution >= 4 is 75.5 Å². The third kappa shape index (κ3) is 3.32. The first-order valence-corrected chi connectivity index (χ1v) is 11.4. The van der Waals surface area contributed by atoms with Crippen LogP contribution in [0.3, 0.4) is 0 Å². The monoisotopic (exact) mass is 646 g/mol. The molecule has 0 bridgehead atoms. The molecule has 5 nitrogen and oxygen atoms in total. The first kappa shape index (κ1) is 20.8. The fraction of sp³-hybridized carbons (Fsp3) is 0.100. The maximum Gasteiger partial charge on any atom is 0.335 e. The van der Waals surface area contributed by atoms with Gasteiger partial charge in [0.25, 0.3) is 0 Å². The van der Waals surface area contributed by atoms with Crippen molar-refractivity contribution in [1.82, 2.24) is 0 Å². The van der Waals surface area contributed by atoms with Gasteiger partial charge >= 0.3 is 5.97 Å². The van der Waals surface area contributed by atoms with E-state index in [1.165, 1.54) is 0 Å². The number of fused-ring (bicyclic) bond motifs is 2. The summed E-state index contributed by atoms with van der Waals surface area (Å²) >= 11 is 13.3. The summed E-state index contributed by atoms with van der Waals surface area (Å²) in [6, 6.07) is 8.44. The number of hydrogen-bond donors (Lipinski definition) is 2. The largest absolute Gasteiger partial charge is 0.505 e. The number of hydrogen-bond acceptors (Lipinski definition) is 4. The number of aromatic hydroxyl groups is 1. The molecular formula is C20H10Br4O5. The highest BCUT2D eigenvalue weighted by atomic mass is 79.9. The third-order valence-corrected chi connectivity index (χ3v) is 7.59. The molecule has 2 atom stereocenters. The van der Waals surface area contributed by atoms with Crippen molar-refractivity contribution in [3.8, 4) is 11.5 Å². The molecule has 4 rings (SSSR count). The molecule has 2 aromatic carbocycles. The van der Waals surface area contributed by atoms with E-state index in [4.69, 9.17) is 4.74 Å². The van der Waals surface area contributed by atoms with E-state index in [-0.39, 0.29) is 21.6 Å². The Balaban J connectivity index is 2.08. The molecule has 0 fully saturated rings. The molecule has 0 spiro atoms. The minimum atomic E-state index is -1.05. The van der Waals surface area contributed by atoms with Gasteiger partial charge in [0.1, 0.15) is 26.2 Å². The summed E-state index contributed by atoms with van der Waals surface area (Å²) in [6.45, 7) is 0. The van der Waals surface area contributed by atoms with E-state index in [1.807, 2.05) is 0 Å². The summed E-state index contributed by atoms with van der Waals surface area (Å²) < 4.78 is 7.41. The zero-order valence-electron chi connectivity index (χ0n) is 14.2. The zero-order valence-corrected chi connectivity index (χ0v) is 20.6. The molecule has 148 valence electrons. The number of carbonyl (C=O) groups excluding carboxylic acids is 1. The van der Waals surface area contributed by atoms with Crippen molar-refractivity contribution in [3.63, 3.8) is 0 Å².